The molecule has 0 spiro atoms. The van der Waals surface area contributed by atoms with E-state index in [1.54, 1.807) is 48.5 Å². The molecule has 2 aromatic carbocycles. The van der Waals surface area contributed by atoms with Crippen LogP contribution in [0.3, 0.4) is 0 Å². The normalized spacial score (nSPS) is 18.0. The van der Waals surface area contributed by atoms with Crippen LogP contribution in [0.1, 0.15) is 25.5 Å². The van der Waals surface area contributed by atoms with Crippen molar-refractivity contribution in [3.05, 3.63) is 66.4 Å². The zero-order chi connectivity index (χ0) is 25.1. The van der Waals surface area contributed by atoms with Gasteiger partial charge in [0.25, 0.3) is 0 Å². The molecule has 9 nitrogen and oxygen atoms in total. The van der Waals surface area contributed by atoms with E-state index in [2.05, 4.69) is 27.4 Å². The lowest BCUT2D eigenvalue weighted by molar-refractivity contribution is 0.0985. The molecular weight excluding hydrogens is 478 g/mol. The van der Waals surface area contributed by atoms with Crippen LogP contribution in [-0.4, -0.2) is 56.3 Å². The van der Waals surface area contributed by atoms with Crippen molar-refractivity contribution in [2.24, 2.45) is 0 Å². The summed E-state index contributed by atoms with van der Waals surface area (Å²) in [5.41, 5.74) is 1.80. The third kappa shape index (κ3) is 5.83. The van der Waals surface area contributed by atoms with Gasteiger partial charge in [0.2, 0.25) is 0 Å². The first-order valence-electron chi connectivity index (χ1n) is 12.1. The molecule has 1 saturated carbocycles. The second kappa shape index (κ2) is 10.2. The summed E-state index contributed by atoms with van der Waals surface area (Å²) in [5, 5.41) is 5.72. The number of morpholine rings is 1. The van der Waals surface area contributed by atoms with E-state index in [1.165, 1.54) is 0 Å². The fraction of sp³-hybridized carbons (Fsp3) is 0.346. The molecule has 2 N–H and O–H groups in total. The summed E-state index contributed by atoms with van der Waals surface area (Å²) in [7, 11) is -3.59. The van der Waals surface area contributed by atoms with Gasteiger partial charge in [-0.1, -0.05) is 18.2 Å². The number of amides is 2. The molecule has 0 unspecified atom stereocenters. The van der Waals surface area contributed by atoms with Gasteiger partial charge >= 0.3 is 6.03 Å². The molecule has 2 fully saturated rings. The van der Waals surface area contributed by atoms with Crippen LogP contribution in [0, 0.1) is 0 Å². The quantitative estimate of drug-likeness (QED) is 0.502. The van der Waals surface area contributed by atoms with Crippen LogP contribution in [0.2, 0.25) is 0 Å². The largest absolute Gasteiger partial charge is 0.377 e. The predicted octanol–water partition coefficient (Wildman–Crippen LogP) is 3.63. The Hall–Kier alpha value is -3.50. The molecular formula is C26H29N5O4S. The number of hydrogen-bond acceptors (Lipinski definition) is 7. The first-order chi connectivity index (χ1) is 17.4. The zero-order valence-corrected chi connectivity index (χ0v) is 20.9. The van der Waals surface area contributed by atoms with E-state index in [1.807, 2.05) is 12.1 Å². The number of nitrogens with one attached hydrogen (secondary N) is 2. The highest BCUT2D eigenvalue weighted by molar-refractivity contribution is 7.90. The van der Waals surface area contributed by atoms with Gasteiger partial charge in [-0.05, 0) is 56.2 Å². The van der Waals surface area contributed by atoms with Crippen molar-refractivity contribution >= 4 is 27.4 Å². The number of ether oxygens (including phenoxy) is 1. The molecule has 0 bridgehead atoms. The third-order valence-corrected chi connectivity index (χ3v) is 7.85. The van der Waals surface area contributed by atoms with Gasteiger partial charge in [0.1, 0.15) is 5.82 Å². The van der Waals surface area contributed by atoms with Crippen molar-refractivity contribution in [3.8, 4) is 11.4 Å². The van der Waals surface area contributed by atoms with Crippen LogP contribution in [0.5, 0.6) is 0 Å². The van der Waals surface area contributed by atoms with E-state index < -0.39 is 9.84 Å². The molecule has 188 valence electrons. The van der Waals surface area contributed by atoms with Gasteiger partial charge < -0.3 is 20.3 Å². The van der Waals surface area contributed by atoms with Crippen LogP contribution < -0.4 is 15.5 Å². The van der Waals surface area contributed by atoms with Gasteiger partial charge in [-0.3, -0.25) is 0 Å². The molecule has 1 atom stereocenters. The molecule has 1 aromatic heterocycles. The van der Waals surface area contributed by atoms with E-state index in [-0.39, 0.29) is 28.8 Å². The topological polar surface area (TPSA) is 114 Å². The van der Waals surface area contributed by atoms with Crippen LogP contribution in [0.4, 0.5) is 16.3 Å². The number of hydrogen-bond donors (Lipinski definition) is 2. The van der Waals surface area contributed by atoms with Crippen molar-refractivity contribution in [2.45, 2.75) is 42.5 Å². The van der Waals surface area contributed by atoms with Gasteiger partial charge in [-0.2, -0.15) is 0 Å². The van der Waals surface area contributed by atoms with Crippen LogP contribution in [-0.2, 0) is 20.3 Å². The minimum Gasteiger partial charge on any atom is -0.377 e. The van der Waals surface area contributed by atoms with Gasteiger partial charge in [0.05, 0.1) is 35.6 Å². The Kier molecular flexibility index (Phi) is 6.88. The van der Waals surface area contributed by atoms with Crippen molar-refractivity contribution in [1.29, 1.82) is 0 Å². The number of sulfone groups is 1. The molecule has 2 aliphatic rings. The SMILES string of the molecule is C[C@@H]1COCCN1c1cc(CS(=O)(=O)c2ccccc2)nc(-c2ccc(NC(=O)NC3CC3)cc2)n1. The Morgan fingerprint density at radius 3 is 2.53 bits per heavy atom. The highest BCUT2D eigenvalue weighted by Crippen LogP contribution is 2.26. The number of carbonyl (C=O) groups is 1. The number of nitrogens with zero attached hydrogens (tertiary/aromatic N) is 3. The maximum Gasteiger partial charge on any atom is 0.319 e. The number of rotatable bonds is 7. The molecule has 2 heterocycles. The molecule has 0 radical (unpaired) electrons. The summed E-state index contributed by atoms with van der Waals surface area (Å²) in [6.07, 6.45) is 2.04. The Labute approximate surface area is 210 Å². The lowest BCUT2D eigenvalue weighted by atomic mass is 10.2. The van der Waals surface area contributed by atoms with Gasteiger partial charge in [0, 0.05) is 29.9 Å². The van der Waals surface area contributed by atoms with Crippen molar-refractivity contribution in [1.82, 2.24) is 15.3 Å². The molecule has 5 rings (SSSR count). The lowest BCUT2D eigenvalue weighted by Crippen LogP contribution is -2.44. The maximum absolute atomic E-state index is 13.1. The van der Waals surface area contributed by atoms with Crippen LogP contribution >= 0.6 is 0 Å². The summed E-state index contributed by atoms with van der Waals surface area (Å²) >= 11 is 0. The summed E-state index contributed by atoms with van der Waals surface area (Å²) in [4.78, 5) is 23.8. The average molecular weight is 508 g/mol. The van der Waals surface area contributed by atoms with E-state index in [4.69, 9.17) is 9.72 Å². The van der Waals surface area contributed by atoms with E-state index >= 15 is 0 Å². The highest BCUT2D eigenvalue weighted by Gasteiger charge is 2.25. The fourth-order valence-electron chi connectivity index (χ4n) is 4.09. The first-order valence-corrected chi connectivity index (χ1v) is 13.7. The van der Waals surface area contributed by atoms with Gasteiger partial charge in [-0.15, -0.1) is 0 Å². The van der Waals surface area contributed by atoms with E-state index in [9.17, 15) is 13.2 Å². The summed E-state index contributed by atoms with van der Waals surface area (Å²) in [6, 6.07) is 17.5. The van der Waals surface area contributed by atoms with E-state index in [0.29, 0.717) is 42.8 Å². The van der Waals surface area contributed by atoms with Crippen molar-refractivity contribution in [2.75, 3.05) is 30.0 Å². The van der Waals surface area contributed by atoms with E-state index in [0.717, 1.165) is 18.4 Å². The minimum absolute atomic E-state index is 0.0941. The maximum atomic E-state index is 13.1. The Balaban J connectivity index is 1.44. The Morgan fingerprint density at radius 2 is 1.83 bits per heavy atom. The molecule has 36 heavy (non-hydrogen) atoms. The summed E-state index contributed by atoms with van der Waals surface area (Å²) < 4.78 is 31.7. The minimum atomic E-state index is -3.59. The molecule has 1 saturated heterocycles. The summed E-state index contributed by atoms with van der Waals surface area (Å²) in [6.45, 7) is 3.85. The monoisotopic (exact) mass is 507 g/mol. The average Bonchev–Trinajstić information content (AvgIpc) is 3.69. The Bertz CT molecular complexity index is 1330. The second-order valence-electron chi connectivity index (χ2n) is 9.18. The van der Waals surface area contributed by atoms with Gasteiger partial charge in [-0.25, -0.2) is 23.2 Å². The lowest BCUT2D eigenvalue weighted by Gasteiger charge is -2.34. The third-order valence-electron chi connectivity index (χ3n) is 6.18. The smallest absolute Gasteiger partial charge is 0.319 e. The number of urea groups is 1. The highest BCUT2D eigenvalue weighted by atomic mass is 32.2. The zero-order valence-electron chi connectivity index (χ0n) is 20.1. The molecule has 2 amide bonds. The number of aromatic nitrogens is 2. The molecule has 3 aromatic rings. The molecule has 1 aliphatic heterocycles. The molecule has 1 aliphatic carbocycles. The summed E-state index contributed by atoms with van der Waals surface area (Å²) in [5.74, 6) is 0.859. The predicted molar refractivity (Wildman–Crippen MR) is 138 cm³/mol. The Morgan fingerprint density at radius 1 is 1.08 bits per heavy atom. The standard InChI is InChI=1S/C26H29N5O4S/c1-18-16-35-14-13-31(18)24-15-22(17-36(33,34)23-5-3-2-4-6-23)27-25(30-24)19-7-9-20(10-8-19)28-26(32)29-21-11-12-21/h2-10,15,18,21H,11-14,16-17H2,1H3,(H2,28,29,32)/t18-/m1/s1. The number of benzene rings is 2. The molecule has 10 heteroatoms. The second-order valence-corrected chi connectivity index (χ2v) is 11.2. The fourth-order valence-corrected chi connectivity index (χ4v) is 5.37. The number of carbonyl (C=O) groups excluding carboxylic acids is 1. The number of anilines is 2. The van der Waals surface area contributed by atoms with Crippen LogP contribution in [0.25, 0.3) is 11.4 Å². The van der Waals surface area contributed by atoms with Gasteiger partial charge in [0.15, 0.2) is 15.7 Å². The van der Waals surface area contributed by atoms with Crippen molar-refractivity contribution < 1.29 is 17.9 Å². The van der Waals surface area contributed by atoms with Crippen molar-refractivity contribution in [3.63, 3.8) is 0 Å². The van der Waals surface area contributed by atoms with Crippen LogP contribution in [0.15, 0.2) is 65.6 Å². The first kappa shape index (κ1) is 24.2.